The molecule has 19 heavy (non-hydrogen) atoms. The SMILES string of the molecule is N=C(N)CCNC(=O)Nc1ccc(C(F)(F)F)cc1. The summed E-state index contributed by atoms with van der Waals surface area (Å²) in [4.78, 5) is 11.3. The molecule has 0 saturated heterocycles. The molecular weight excluding hydrogens is 261 g/mol. The lowest BCUT2D eigenvalue weighted by atomic mass is 10.2. The maximum Gasteiger partial charge on any atom is 0.416 e. The molecule has 0 aliphatic carbocycles. The Morgan fingerprint density at radius 1 is 1.26 bits per heavy atom. The maximum absolute atomic E-state index is 12.3. The number of hydrogen-bond acceptors (Lipinski definition) is 2. The summed E-state index contributed by atoms with van der Waals surface area (Å²) >= 11 is 0. The normalized spacial score (nSPS) is 10.9. The van der Waals surface area contributed by atoms with E-state index in [1.807, 2.05) is 0 Å². The molecule has 0 aliphatic heterocycles. The number of nitrogens with one attached hydrogen (secondary N) is 3. The van der Waals surface area contributed by atoms with Crippen molar-refractivity contribution in [2.45, 2.75) is 12.6 Å². The summed E-state index contributed by atoms with van der Waals surface area (Å²) in [6.45, 7) is 0.182. The molecule has 0 radical (unpaired) electrons. The third kappa shape index (κ3) is 5.28. The Morgan fingerprint density at radius 2 is 1.84 bits per heavy atom. The summed E-state index contributed by atoms with van der Waals surface area (Å²) < 4.78 is 36.9. The smallest absolute Gasteiger partial charge is 0.388 e. The maximum atomic E-state index is 12.3. The highest BCUT2D eigenvalue weighted by Gasteiger charge is 2.29. The van der Waals surface area contributed by atoms with Crippen LogP contribution >= 0.6 is 0 Å². The third-order valence-corrected chi connectivity index (χ3v) is 2.15. The third-order valence-electron chi connectivity index (χ3n) is 2.15. The highest BCUT2D eigenvalue weighted by molar-refractivity contribution is 5.89. The van der Waals surface area contributed by atoms with E-state index in [1.54, 1.807) is 0 Å². The van der Waals surface area contributed by atoms with Gasteiger partial charge in [-0.25, -0.2) is 4.79 Å². The van der Waals surface area contributed by atoms with E-state index in [-0.39, 0.29) is 24.5 Å². The first-order valence-corrected chi connectivity index (χ1v) is 5.34. The Balaban J connectivity index is 2.49. The van der Waals surface area contributed by atoms with Gasteiger partial charge in [-0.15, -0.1) is 0 Å². The molecule has 2 amide bonds. The molecule has 0 spiro atoms. The number of rotatable bonds is 4. The number of hydrogen-bond donors (Lipinski definition) is 4. The zero-order chi connectivity index (χ0) is 14.5. The predicted molar refractivity (Wildman–Crippen MR) is 65.0 cm³/mol. The quantitative estimate of drug-likeness (QED) is 0.500. The van der Waals surface area contributed by atoms with Gasteiger partial charge in [0.2, 0.25) is 0 Å². The van der Waals surface area contributed by atoms with E-state index in [1.165, 1.54) is 0 Å². The van der Waals surface area contributed by atoms with Gasteiger partial charge < -0.3 is 16.4 Å². The second-order valence-corrected chi connectivity index (χ2v) is 3.73. The first kappa shape index (κ1) is 14.8. The zero-order valence-corrected chi connectivity index (χ0v) is 9.84. The number of carbonyl (C=O) groups excluding carboxylic acids is 1. The van der Waals surface area contributed by atoms with Gasteiger partial charge in [0, 0.05) is 18.7 Å². The molecule has 0 aliphatic rings. The van der Waals surface area contributed by atoms with Crippen LogP contribution in [0.2, 0.25) is 0 Å². The van der Waals surface area contributed by atoms with Crippen LogP contribution in [0.5, 0.6) is 0 Å². The molecule has 0 bridgehead atoms. The number of halogens is 3. The Morgan fingerprint density at radius 3 is 2.32 bits per heavy atom. The minimum atomic E-state index is -4.40. The monoisotopic (exact) mass is 274 g/mol. The predicted octanol–water partition coefficient (Wildman–Crippen LogP) is 2.15. The minimum Gasteiger partial charge on any atom is -0.388 e. The summed E-state index contributed by atoms with van der Waals surface area (Å²) in [6, 6.07) is 3.51. The van der Waals surface area contributed by atoms with Crippen LogP contribution in [0.25, 0.3) is 0 Å². The molecule has 8 heteroatoms. The molecule has 0 atom stereocenters. The summed E-state index contributed by atoms with van der Waals surface area (Å²) in [5.41, 5.74) is 4.56. The average Bonchev–Trinajstić information content (AvgIpc) is 2.27. The van der Waals surface area contributed by atoms with Crippen molar-refractivity contribution in [1.29, 1.82) is 5.41 Å². The van der Waals surface area contributed by atoms with Gasteiger partial charge in [-0.2, -0.15) is 13.2 Å². The van der Waals surface area contributed by atoms with Gasteiger partial charge in [0.05, 0.1) is 11.4 Å². The summed E-state index contributed by atoms with van der Waals surface area (Å²) in [5, 5.41) is 11.7. The molecule has 0 fully saturated rings. The second-order valence-electron chi connectivity index (χ2n) is 3.73. The van der Waals surface area contributed by atoms with Crippen LogP contribution in [-0.4, -0.2) is 18.4 Å². The molecule has 1 aromatic rings. The van der Waals surface area contributed by atoms with Crippen LogP contribution in [0.1, 0.15) is 12.0 Å². The molecular formula is C11H13F3N4O. The molecule has 0 saturated carbocycles. The largest absolute Gasteiger partial charge is 0.416 e. The van der Waals surface area contributed by atoms with Crippen molar-refractivity contribution in [1.82, 2.24) is 5.32 Å². The average molecular weight is 274 g/mol. The summed E-state index contributed by atoms with van der Waals surface area (Å²) in [5.74, 6) is -0.0603. The highest BCUT2D eigenvalue weighted by atomic mass is 19.4. The molecule has 5 nitrogen and oxygen atoms in total. The number of urea groups is 1. The van der Waals surface area contributed by atoms with Crippen LogP contribution in [0.3, 0.4) is 0 Å². The number of benzene rings is 1. The summed E-state index contributed by atoms with van der Waals surface area (Å²) in [6.07, 6.45) is -4.19. The van der Waals surface area contributed by atoms with Gasteiger partial charge in [-0.1, -0.05) is 0 Å². The Kier molecular flexibility index (Phi) is 4.74. The van der Waals surface area contributed by atoms with E-state index in [9.17, 15) is 18.0 Å². The van der Waals surface area contributed by atoms with Gasteiger partial charge >= 0.3 is 12.2 Å². The van der Waals surface area contributed by atoms with Crippen molar-refractivity contribution in [2.75, 3.05) is 11.9 Å². The Hall–Kier alpha value is -2.25. The second kappa shape index (κ2) is 6.07. The van der Waals surface area contributed by atoms with Crippen LogP contribution in [0, 0.1) is 5.41 Å². The van der Waals surface area contributed by atoms with Gasteiger partial charge in [-0.05, 0) is 24.3 Å². The van der Waals surface area contributed by atoms with Crippen molar-refractivity contribution >= 4 is 17.6 Å². The van der Waals surface area contributed by atoms with Gasteiger partial charge in [0.1, 0.15) is 0 Å². The fraction of sp³-hybridized carbons (Fsp3) is 0.273. The number of anilines is 1. The standard InChI is InChI=1S/C11H13F3N4O/c12-11(13,14)7-1-3-8(4-2-7)18-10(19)17-6-5-9(15)16/h1-4H,5-6H2,(H3,15,16)(H2,17,18,19). The molecule has 5 N–H and O–H groups in total. The van der Waals surface area contributed by atoms with E-state index >= 15 is 0 Å². The Labute approximate surface area is 107 Å². The van der Waals surface area contributed by atoms with Gasteiger partial charge in [-0.3, -0.25) is 5.41 Å². The van der Waals surface area contributed by atoms with Crippen LogP contribution < -0.4 is 16.4 Å². The number of amidine groups is 1. The molecule has 0 heterocycles. The zero-order valence-electron chi connectivity index (χ0n) is 9.84. The first-order chi connectivity index (χ1) is 8.79. The Bertz CT molecular complexity index is 456. The van der Waals surface area contributed by atoms with Crippen molar-refractivity contribution in [3.63, 3.8) is 0 Å². The number of amides is 2. The van der Waals surface area contributed by atoms with E-state index in [2.05, 4.69) is 10.6 Å². The van der Waals surface area contributed by atoms with E-state index in [0.717, 1.165) is 24.3 Å². The molecule has 0 aromatic heterocycles. The van der Waals surface area contributed by atoms with E-state index in [4.69, 9.17) is 11.1 Å². The fourth-order valence-corrected chi connectivity index (χ4v) is 1.23. The minimum absolute atomic E-state index is 0.0603. The number of carbonyl (C=O) groups is 1. The van der Waals surface area contributed by atoms with Crippen LogP contribution in [0.4, 0.5) is 23.7 Å². The first-order valence-electron chi connectivity index (χ1n) is 5.34. The molecule has 0 unspecified atom stereocenters. The topological polar surface area (TPSA) is 91.0 Å². The molecule has 1 rings (SSSR count). The molecule has 1 aromatic carbocycles. The molecule has 104 valence electrons. The highest BCUT2D eigenvalue weighted by Crippen LogP contribution is 2.29. The number of alkyl halides is 3. The van der Waals surface area contributed by atoms with Crippen molar-refractivity contribution < 1.29 is 18.0 Å². The van der Waals surface area contributed by atoms with Crippen molar-refractivity contribution in [3.8, 4) is 0 Å². The van der Waals surface area contributed by atoms with Crippen molar-refractivity contribution in [3.05, 3.63) is 29.8 Å². The van der Waals surface area contributed by atoms with Crippen LogP contribution in [0.15, 0.2) is 24.3 Å². The fourth-order valence-electron chi connectivity index (χ4n) is 1.23. The van der Waals surface area contributed by atoms with Gasteiger partial charge in [0.25, 0.3) is 0 Å². The summed E-state index contributed by atoms with van der Waals surface area (Å²) in [7, 11) is 0. The van der Waals surface area contributed by atoms with Crippen molar-refractivity contribution in [2.24, 2.45) is 5.73 Å². The van der Waals surface area contributed by atoms with Crippen LogP contribution in [-0.2, 0) is 6.18 Å². The lowest BCUT2D eigenvalue weighted by molar-refractivity contribution is -0.137. The van der Waals surface area contributed by atoms with E-state index < -0.39 is 17.8 Å². The van der Waals surface area contributed by atoms with Gasteiger partial charge in [0.15, 0.2) is 0 Å². The lowest BCUT2D eigenvalue weighted by Crippen LogP contribution is -2.31. The number of nitrogens with two attached hydrogens (primary N) is 1. The lowest BCUT2D eigenvalue weighted by Gasteiger charge is -2.09. The van der Waals surface area contributed by atoms with E-state index in [0.29, 0.717) is 0 Å².